The first-order valence-electron chi connectivity index (χ1n) is 7.02. The van der Waals surface area contributed by atoms with Crippen LogP contribution in [0.4, 0.5) is 4.79 Å². The topological polar surface area (TPSA) is 80.5 Å². The molecule has 1 aromatic heterocycles. The fourth-order valence-corrected chi connectivity index (χ4v) is 2.33. The summed E-state index contributed by atoms with van der Waals surface area (Å²) in [4.78, 5) is 18.2. The normalized spacial score (nSPS) is 18.1. The first-order chi connectivity index (χ1) is 9.63. The number of ether oxygens (including phenoxy) is 1. The van der Waals surface area contributed by atoms with Crippen molar-refractivity contribution in [2.24, 2.45) is 0 Å². The van der Waals surface area contributed by atoms with Crippen LogP contribution in [0, 0.1) is 6.92 Å². The maximum absolute atomic E-state index is 12.2. The van der Waals surface area contributed by atoms with E-state index in [4.69, 9.17) is 9.26 Å². The van der Waals surface area contributed by atoms with Gasteiger partial charge < -0.3 is 19.5 Å². The van der Waals surface area contributed by atoms with Crippen molar-refractivity contribution in [3.05, 3.63) is 11.7 Å². The molecule has 0 spiro atoms. The van der Waals surface area contributed by atoms with Gasteiger partial charge in [0.05, 0.1) is 6.10 Å². The summed E-state index contributed by atoms with van der Waals surface area (Å²) >= 11 is 0. The van der Waals surface area contributed by atoms with Crippen molar-refractivity contribution in [2.45, 2.75) is 45.3 Å². The quantitative estimate of drug-likeness (QED) is 0.908. The molecule has 0 aliphatic carbocycles. The molecule has 0 unspecified atom stereocenters. The minimum atomic E-state index is -0.233. The molecule has 1 saturated heterocycles. The van der Waals surface area contributed by atoms with Gasteiger partial charge in [-0.3, -0.25) is 0 Å². The van der Waals surface area contributed by atoms with E-state index in [0.717, 1.165) is 12.8 Å². The maximum atomic E-state index is 12.2. The third kappa shape index (κ3) is 3.47. The molecule has 2 amide bonds. The fourth-order valence-electron chi connectivity index (χ4n) is 2.33. The Morgan fingerprint density at radius 2 is 2.25 bits per heavy atom. The SMILES string of the molecule is CC[C@@H](NC(=O)N1CCC(OC)CC1)c1nc(C)no1. The Bertz CT molecular complexity index is 441. The number of carbonyl (C=O) groups is 1. The van der Waals surface area contributed by atoms with E-state index in [1.54, 1.807) is 18.9 Å². The van der Waals surface area contributed by atoms with Crippen molar-refractivity contribution in [3.63, 3.8) is 0 Å². The monoisotopic (exact) mass is 282 g/mol. The summed E-state index contributed by atoms with van der Waals surface area (Å²) in [6, 6.07) is -0.314. The number of aromatic nitrogens is 2. The standard InChI is InChI=1S/C13H22N4O3/c1-4-11(12-14-9(2)16-20-12)15-13(18)17-7-5-10(19-3)6-8-17/h10-11H,4-8H2,1-3H3,(H,15,18)/t11-/m1/s1. The highest BCUT2D eigenvalue weighted by Gasteiger charge is 2.25. The van der Waals surface area contributed by atoms with Gasteiger partial charge in [0.25, 0.3) is 0 Å². The average molecular weight is 282 g/mol. The van der Waals surface area contributed by atoms with Gasteiger partial charge in [-0.05, 0) is 26.2 Å². The van der Waals surface area contributed by atoms with Crippen molar-refractivity contribution in [1.82, 2.24) is 20.4 Å². The third-order valence-electron chi connectivity index (χ3n) is 3.61. The van der Waals surface area contributed by atoms with E-state index in [1.165, 1.54) is 0 Å². The van der Waals surface area contributed by atoms with Crippen molar-refractivity contribution in [3.8, 4) is 0 Å². The number of likely N-dealkylation sites (tertiary alicyclic amines) is 1. The van der Waals surface area contributed by atoms with Crippen LogP contribution in [-0.2, 0) is 4.74 Å². The van der Waals surface area contributed by atoms with Crippen LogP contribution in [0.25, 0.3) is 0 Å². The van der Waals surface area contributed by atoms with E-state index in [1.807, 2.05) is 6.92 Å². The van der Waals surface area contributed by atoms with Gasteiger partial charge in [-0.15, -0.1) is 0 Å². The molecule has 0 bridgehead atoms. The summed E-state index contributed by atoms with van der Waals surface area (Å²) in [7, 11) is 1.71. The second kappa shape index (κ2) is 6.69. The number of aryl methyl sites for hydroxylation is 1. The molecule has 0 saturated carbocycles. The van der Waals surface area contributed by atoms with Gasteiger partial charge in [0.2, 0.25) is 5.89 Å². The van der Waals surface area contributed by atoms with Crippen LogP contribution < -0.4 is 5.32 Å². The van der Waals surface area contributed by atoms with Gasteiger partial charge in [-0.1, -0.05) is 12.1 Å². The zero-order valence-corrected chi connectivity index (χ0v) is 12.3. The number of nitrogens with one attached hydrogen (secondary N) is 1. The van der Waals surface area contributed by atoms with E-state index in [0.29, 0.717) is 31.2 Å². The highest BCUT2D eigenvalue weighted by atomic mass is 16.5. The molecule has 112 valence electrons. The lowest BCUT2D eigenvalue weighted by Gasteiger charge is -2.32. The molecule has 7 nitrogen and oxygen atoms in total. The molecule has 1 aliphatic rings. The van der Waals surface area contributed by atoms with Crippen molar-refractivity contribution in [1.29, 1.82) is 0 Å². The van der Waals surface area contributed by atoms with Crippen LogP contribution in [0.1, 0.15) is 43.9 Å². The second-order valence-electron chi connectivity index (χ2n) is 5.01. The summed E-state index contributed by atoms with van der Waals surface area (Å²) in [6.07, 6.45) is 2.72. The van der Waals surface area contributed by atoms with Crippen LogP contribution in [0.3, 0.4) is 0 Å². The van der Waals surface area contributed by atoms with Gasteiger partial charge in [0, 0.05) is 20.2 Å². The Morgan fingerprint density at radius 3 is 2.75 bits per heavy atom. The van der Waals surface area contributed by atoms with E-state index >= 15 is 0 Å². The molecule has 20 heavy (non-hydrogen) atoms. The molecular formula is C13H22N4O3. The number of amides is 2. The Morgan fingerprint density at radius 1 is 1.55 bits per heavy atom. The highest BCUT2D eigenvalue weighted by Crippen LogP contribution is 2.17. The van der Waals surface area contributed by atoms with Crippen LogP contribution in [0.5, 0.6) is 0 Å². The third-order valence-corrected chi connectivity index (χ3v) is 3.61. The summed E-state index contributed by atoms with van der Waals surface area (Å²) in [6.45, 7) is 5.16. The van der Waals surface area contributed by atoms with Crippen LogP contribution in [0.15, 0.2) is 4.52 Å². The predicted octanol–water partition coefficient (Wildman–Crippen LogP) is 1.65. The largest absolute Gasteiger partial charge is 0.381 e. The second-order valence-corrected chi connectivity index (χ2v) is 5.01. The van der Waals surface area contributed by atoms with Gasteiger partial charge in [-0.25, -0.2) is 4.79 Å². The van der Waals surface area contributed by atoms with E-state index in [9.17, 15) is 4.79 Å². The van der Waals surface area contributed by atoms with Gasteiger partial charge >= 0.3 is 6.03 Å². The maximum Gasteiger partial charge on any atom is 0.318 e. The number of urea groups is 1. The van der Waals surface area contributed by atoms with Crippen LogP contribution >= 0.6 is 0 Å². The number of methoxy groups -OCH3 is 1. The molecular weight excluding hydrogens is 260 g/mol. The Labute approximate surface area is 118 Å². The molecule has 2 rings (SSSR count). The van der Waals surface area contributed by atoms with Crippen molar-refractivity contribution >= 4 is 6.03 Å². The molecule has 1 atom stereocenters. The van der Waals surface area contributed by atoms with E-state index < -0.39 is 0 Å². The molecule has 1 fully saturated rings. The molecule has 0 aromatic carbocycles. The number of carbonyl (C=O) groups excluding carboxylic acids is 1. The molecule has 7 heteroatoms. The summed E-state index contributed by atoms with van der Waals surface area (Å²) in [5.41, 5.74) is 0. The molecule has 2 heterocycles. The minimum Gasteiger partial charge on any atom is -0.381 e. The summed E-state index contributed by atoms with van der Waals surface area (Å²) < 4.78 is 10.4. The zero-order valence-electron chi connectivity index (χ0n) is 12.3. The molecule has 1 aliphatic heterocycles. The van der Waals surface area contributed by atoms with Crippen molar-refractivity contribution in [2.75, 3.05) is 20.2 Å². The smallest absolute Gasteiger partial charge is 0.318 e. The first kappa shape index (κ1) is 14.8. The summed E-state index contributed by atoms with van der Waals surface area (Å²) in [5.74, 6) is 1.04. The Hall–Kier alpha value is -1.63. The van der Waals surface area contributed by atoms with Gasteiger partial charge in [0.15, 0.2) is 5.82 Å². The number of hydrogen-bond acceptors (Lipinski definition) is 5. The predicted molar refractivity (Wildman–Crippen MR) is 72.2 cm³/mol. The van der Waals surface area contributed by atoms with Crippen LogP contribution in [-0.4, -0.2) is 47.4 Å². The van der Waals surface area contributed by atoms with Gasteiger partial charge in [0.1, 0.15) is 6.04 Å². The Kier molecular flexibility index (Phi) is 4.94. The van der Waals surface area contributed by atoms with E-state index in [2.05, 4.69) is 15.5 Å². The number of piperidine rings is 1. The average Bonchev–Trinajstić information content (AvgIpc) is 2.91. The zero-order chi connectivity index (χ0) is 14.5. The lowest BCUT2D eigenvalue weighted by atomic mass is 10.1. The number of hydrogen-bond donors (Lipinski definition) is 1. The first-order valence-corrected chi connectivity index (χ1v) is 7.02. The fraction of sp³-hybridized carbons (Fsp3) is 0.769. The van der Waals surface area contributed by atoms with Crippen LogP contribution in [0.2, 0.25) is 0 Å². The van der Waals surface area contributed by atoms with Crippen molar-refractivity contribution < 1.29 is 14.1 Å². The molecule has 1 N–H and O–H groups in total. The van der Waals surface area contributed by atoms with E-state index in [-0.39, 0.29) is 18.2 Å². The molecule has 0 radical (unpaired) electrons. The highest BCUT2D eigenvalue weighted by molar-refractivity contribution is 5.74. The van der Waals surface area contributed by atoms with Gasteiger partial charge in [-0.2, -0.15) is 4.98 Å². The number of nitrogens with zero attached hydrogens (tertiary/aromatic N) is 3. The lowest BCUT2D eigenvalue weighted by molar-refractivity contribution is 0.0497. The minimum absolute atomic E-state index is 0.0812. The Balaban J connectivity index is 1.90. The molecule has 1 aromatic rings. The summed E-state index contributed by atoms with van der Waals surface area (Å²) in [5, 5.41) is 6.71. The lowest BCUT2D eigenvalue weighted by Crippen LogP contribution is -2.46. The number of rotatable bonds is 4.